The molecule has 9 heteroatoms. The van der Waals surface area contributed by atoms with Crippen LogP contribution < -0.4 is 14.4 Å². The fraction of sp³-hybridized carbons (Fsp3) is 0.190. The molecule has 0 amide bonds. The highest BCUT2D eigenvalue weighted by molar-refractivity contribution is 7.92. The van der Waals surface area contributed by atoms with Gasteiger partial charge < -0.3 is 10.1 Å². The Morgan fingerprint density at radius 2 is 1.73 bits per heavy atom. The van der Waals surface area contributed by atoms with E-state index in [1.54, 1.807) is 49.4 Å². The minimum absolute atomic E-state index is 0.0836. The van der Waals surface area contributed by atoms with E-state index in [1.807, 2.05) is 6.07 Å². The largest absolute Gasteiger partial charge is 0.435 e. The SMILES string of the molecule is CCN(c1ccccc1)S(=O)(=O)c1ccc(NCc2ccc(OC(F)F)cc2)nc1. The Morgan fingerprint density at radius 3 is 2.30 bits per heavy atom. The van der Waals surface area contributed by atoms with Gasteiger partial charge in [0.1, 0.15) is 16.5 Å². The number of pyridine rings is 1. The van der Waals surface area contributed by atoms with Crippen molar-refractivity contribution < 1.29 is 21.9 Å². The fourth-order valence-electron chi connectivity index (χ4n) is 2.83. The van der Waals surface area contributed by atoms with E-state index < -0.39 is 16.6 Å². The minimum Gasteiger partial charge on any atom is -0.435 e. The lowest BCUT2D eigenvalue weighted by Gasteiger charge is -2.22. The number of nitrogens with zero attached hydrogens (tertiary/aromatic N) is 2. The molecule has 30 heavy (non-hydrogen) atoms. The number of aromatic nitrogens is 1. The molecule has 2 aromatic carbocycles. The lowest BCUT2D eigenvalue weighted by molar-refractivity contribution is -0.0498. The van der Waals surface area contributed by atoms with Crippen molar-refractivity contribution in [1.82, 2.24) is 4.98 Å². The highest BCUT2D eigenvalue weighted by Gasteiger charge is 2.23. The molecule has 158 valence electrons. The lowest BCUT2D eigenvalue weighted by Crippen LogP contribution is -2.30. The highest BCUT2D eigenvalue weighted by atomic mass is 32.2. The summed E-state index contributed by atoms with van der Waals surface area (Å²) in [4.78, 5) is 4.28. The number of hydrogen-bond donors (Lipinski definition) is 1. The summed E-state index contributed by atoms with van der Waals surface area (Å²) in [5.74, 6) is 0.574. The first-order valence-corrected chi connectivity index (χ1v) is 10.7. The molecule has 0 aliphatic carbocycles. The van der Waals surface area contributed by atoms with E-state index in [2.05, 4.69) is 15.0 Å². The van der Waals surface area contributed by atoms with Crippen LogP contribution in [0.4, 0.5) is 20.3 Å². The number of para-hydroxylation sites is 1. The molecule has 0 radical (unpaired) electrons. The second kappa shape index (κ2) is 9.53. The third-order valence-corrected chi connectivity index (χ3v) is 6.16. The molecule has 0 unspecified atom stereocenters. The van der Waals surface area contributed by atoms with Crippen molar-refractivity contribution in [2.24, 2.45) is 0 Å². The van der Waals surface area contributed by atoms with Crippen LogP contribution in [0.25, 0.3) is 0 Å². The Bertz CT molecular complexity index is 1050. The van der Waals surface area contributed by atoms with Crippen LogP contribution in [-0.4, -0.2) is 26.6 Å². The van der Waals surface area contributed by atoms with Crippen molar-refractivity contribution in [1.29, 1.82) is 0 Å². The quantitative estimate of drug-likeness (QED) is 0.538. The summed E-state index contributed by atoms with van der Waals surface area (Å²) in [5, 5.41) is 3.07. The summed E-state index contributed by atoms with van der Waals surface area (Å²) in [6, 6.07) is 18.2. The molecule has 0 atom stereocenters. The van der Waals surface area contributed by atoms with Gasteiger partial charge in [-0.25, -0.2) is 13.4 Å². The minimum atomic E-state index is -3.73. The number of alkyl halides is 2. The molecule has 3 rings (SSSR count). The second-order valence-corrected chi connectivity index (χ2v) is 8.12. The molecule has 0 aliphatic heterocycles. The van der Waals surface area contributed by atoms with E-state index in [4.69, 9.17) is 0 Å². The van der Waals surface area contributed by atoms with Crippen molar-refractivity contribution in [2.75, 3.05) is 16.2 Å². The Morgan fingerprint density at radius 1 is 1.03 bits per heavy atom. The van der Waals surface area contributed by atoms with Gasteiger partial charge in [0.05, 0.1) is 5.69 Å². The van der Waals surface area contributed by atoms with Gasteiger partial charge in [0.2, 0.25) is 0 Å². The summed E-state index contributed by atoms with van der Waals surface area (Å²) >= 11 is 0. The molecule has 1 aromatic heterocycles. The smallest absolute Gasteiger partial charge is 0.387 e. The van der Waals surface area contributed by atoms with Crippen LogP contribution >= 0.6 is 0 Å². The van der Waals surface area contributed by atoms with Gasteiger partial charge in [-0.15, -0.1) is 0 Å². The van der Waals surface area contributed by atoms with Gasteiger partial charge in [-0.1, -0.05) is 30.3 Å². The molecular weight excluding hydrogens is 412 g/mol. The lowest BCUT2D eigenvalue weighted by atomic mass is 10.2. The maximum absolute atomic E-state index is 13.0. The maximum atomic E-state index is 13.0. The normalized spacial score (nSPS) is 11.3. The Hall–Kier alpha value is -3.20. The predicted octanol–water partition coefficient (Wildman–Crippen LogP) is 4.51. The van der Waals surface area contributed by atoms with Gasteiger partial charge >= 0.3 is 6.61 Å². The van der Waals surface area contributed by atoms with Crippen molar-refractivity contribution in [3.8, 4) is 5.75 Å². The average molecular weight is 433 g/mol. The zero-order valence-corrected chi connectivity index (χ0v) is 17.0. The number of rotatable bonds is 9. The van der Waals surface area contributed by atoms with E-state index in [9.17, 15) is 17.2 Å². The van der Waals surface area contributed by atoms with Crippen LogP contribution in [0.3, 0.4) is 0 Å². The molecule has 0 fully saturated rings. The van der Waals surface area contributed by atoms with Gasteiger partial charge in [-0.3, -0.25) is 4.31 Å². The molecule has 0 saturated carbocycles. The third kappa shape index (κ3) is 5.24. The summed E-state index contributed by atoms with van der Waals surface area (Å²) < 4.78 is 55.9. The van der Waals surface area contributed by atoms with E-state index in [-0.39, 0.29) is 17.2 Å². The summed E-state index contributed by atoms with van der Waals surface area (Å²) in [7, 11) is -3.73. The predicted molar refractivity (Wildman–Crippen MR) is 111 cm³/mol. The molecule has 1 heterocycles. The number of ether oxygens (including phenoxy) is 1. The molecule has 6 nitrogen and oxygen atoms in total. The van der Waals surface area contributed by atoms with Gasteiger partial charge in [-0.05, 0) is 48.9 Å². The molecule has 1 N–H and O–H groups in total. The monoisotopic (exact) mass is 433 g/mol. The fourth-order valence-corrected chi connectivity index (χ4v) is 4.25. The Labute approximate surface area is 174 Å². The van der Waals surface area contributed by atoms with Crippen molar-refractivity contribution in [3.63, 3.8) is 0 Å². The van der Waals surface area contributed by atoms with Gasteiger partial charge in [0.15, 0.2) is 0 Å². The first kappa shape index (κ1) is 21.5. The second-order valence-electron chi connectivity index (χ2n) is 6.26. The molecule has 0 spiro atoms. The van der Waals surface area contributed by atoms with Crippen LogP contribution in [0.15, 0.2) is 77.8 Å². The zero-order valence-electron chi connectivity index (χ0n) is 16.2. The standard InChI is InChI=1S/C21H21F2N3O3S/c1-2-26(17-6-4-3-5-7-17)30(27,28)19-12-13-20(25-15-19)24-14-16-8-10-18(11-9-16)29-21(22)23/h3-13,15,21H,2,14H2,1H3,(H,24,25). The summed E-state index contributed by atoms with van der Waals surface area (Å²) in [6.07, 6.45) is 1.31. The van der Waals surface area contributed by atoms with Gasteiger partial charge in [0, 0.05) is 19.3 Å². The van der Waals surface area contributed by atoms with E-state index in [0.29, 0.717) is 18.1 Å². The Kier molecular flexibility index (Phi) is 6.83. The van der Waals surface area contributed by atoms with Gasteiger partial charge in [0.25, 0.3) is 10.0 Å². The number of hydrogen-bond acceptors (Lipinski definition) is 5. The number of nitrogens with one attached hydrogen (secondary N) is 1. The van der Waals surface area contributed by atoms with Crippen LogP contribution in [0.2, 0.25) is 0 Å². The number of sulfonamides is 1. The maximum Gasteiger partial charge on any atom is 0.387 e. The van der Waals surface area contributed by atoms with Crippen LogP contribution in [0, 0.1) is 0 Å². The molecule has 0 aliphatic rings. The van der Waals surface area contributed by atoms with Crippen molar-refractivity contribution in [2.45, 2.75) is 25.0 Å². The molecule has 0 saturated heterocycles. The van der Waals surface area contributed by atoms with Crippen molar-refractivity contribution in [3.05, 3.63) is 78.5 Å². The first-order chi connectivity index (χ1) is 14.4. The van der Waals surface area contributed by atoms with Crippen LogP contribution in [-0.2, 0) is 16.6 Å². The van der Waals surface area contributed by atoms with Gasteiger partial charge in [-0.2, -0.15) is 8.78 Å². The summed E-state index contributed by atoms with van der Waals surface area (Å²) in [6.45, 7) is -0.416. The number of halogens is 2. The number of benzene rings is 2. The van der Waals surface area contributed by atoms with E-state index >= 15 is 0 Å². The van der Waals surface area contributed by atoms with Crippen LogP contribution in [0.1, 0.15) is 12.5 Å². The average Bonchev–Trinajstić information content (AvgIpc) is 2.74. The van der Waals surface area contributed by atoms with E-state index in [0.717, 1.165) is 5.56 Å². The zero-order chi connectivity index (χ0) is 21.6. The first-order valence-electron chi connectivity index (χ1n) is 9.21. The summed E-state index contributed by atoms with van der Waals surface area (Å²) in [5.41, 5.74) is 1.41. The van der Waals surface area contributed by atoms with Crippen molar-refractivity contribution >= 4 is 21.5 Å². The third-order valence-electron chi connectivity index (χ3n) is 4.28. The number of anilines is 2. The highest BCUT2D eigenvalue weighted by Crippen LogP contribution is 2.23. The molecule has 3 aromatic rings. The Balaban J connectivity index is 1.67. The molecular formula is C21H21F2N3O3S. The topological polar surface area (TPSA) is 71.5 Å². The van der Waals surface area contributed by atoms with Crippen LogP contribution in [0.5, 0.6) is 5.75 Å². The molecule has 0 bridgehead atoms. The van der Waals surface area contributed by atoms with E-state index in [1.165, 1.54) is 28.7 Å².